The molecule has 0 spiro atoms. The largest absolute Gasteiger partial charge is 0.446 e. The summed E-state index contributed by atoms with van der Waals surface area (Å²) in [4.78, 5) is 0.623. The second-order valence-electron chi connectivity index (χ2n) is 3.72. The van der Waals surface area contributed by atoms with Gasteiger partial charge in [-0.15, -0.1) is 0 Å². The third-order valence-electron chi connectivity index (χ3n) is 2.41. The fourth-order valence-corrected chi connectivity index (χ4v) is 2.29. The summed E-state index contributed by atoms with van der Waals surface area (Å²) in [6.45, 7) is 0.790. The Morgan fingerprint density at radius 1 is 1.22 bits per heavy atom. The van der Waals surface area contributed by atoms with E-state index in [1.54, 1.807) is 0 Å². The molecule has 0 aliphatic carbocycles. The zero-order valence-corrected chi connectivity index (χ0v) is 13.4. The Balaban J connectivity index is 1.85. The SMILES string of the molecule is S=C(NCCc1ccccc1)c1cc(Br)c(Br)o1. The smallest absolute Gasteiger partial charge is 0.184 e. The van der Waals surface area contributed by atoms with E-state index in [9.17, 15) is 0 Å². The standard InChI is InChI=1S/C13H11Br2NOS/c14-10-8-11(17-12(10)15)13(18)16-7-6-9-4-2-1-3-5-9/h1-5,8H,6-7H2,(H,16,18). The average Bonchev–Trinajstić information content (AvgIpc) is 2.71. The van der Waals surface area contributed by atoms with Crippen LogP contribution >= 0.6 is 44.1 Å². The third-order valence-corrected chi connectivity index (χ3v) is 4.47. The van der Waals surface area contributed by atoms with E-state index < -0.39 is 0 Å². The highest BCUT2D eigenvalue weighted by Crippen LogP contribution is 2.26. The van der Waals surface area contributed by atoms with E-state index >= 15 is 0 Å². The topological polar surface area (TPSA) is 25.2 Å². The van der Waals surface area contributed by atoms with E-state index in [1.807, 2.05) is 24.3 Å². The molecule has 0 bridgehead atoms. The number of hydrogen-bond acceptors (Lipinski definition) is 2. The van der Waals surface area contributed by atoms with Crippen molar-refractivity contribution < 1.29 is 4.42 Å². The predicted molar refractivity (Wildman–Crippen MR) is 84.0 cm³/mol. The zero-order chi connectivity index (χ0) is 13.0. The van der Waals surface area contributed by atoms with Crippen LogP contribution in [0.3, 0.4) is 0 Å². The first-order valence-corrected chi connectivity index (χ1v) is 7.43. The molecule has 0 radical (unpaired) electrons. The molecule has 5 heteroatoms. The monoisotopic (exact) mass is 387 g/mol. The molecule has 0 fully saturated rings. The van der Waals surface area contributed by atoms with Crippen molar-refractivity contribution in [2.24, 2.45) is 0 Å². The van der Waals surface area contributed by atoms with Crippen LogP contribution < -0.4 is 5.32 Å². The molecule has 2 rings (SSSR count). The first-order chi connectivity index (χ1) is 8.66. The van der Waals surface area contributed by atoms with Crippen molar-refractivity contribution in [1.29, 1.82) is 0 Å². The first kappa shape index (κ1) is 13.8. The highest BCUT2D eigenvalue weighted by atomic mass is 79.9. The number of benzene rings is 1. The lowest BCUT2D eigenvalue weighted by Gasteiger charge is -2.05. The highest BCUT2D eigenvalue weighted by molar-refractivity contribution is 9.13. The maximum Gasteiger partial charge on any atom is 0.184 e. The van der Waals surface area contributed by atoms with Gasteiger partial charge in [-0.1, -0.05) is 42.5 Å². The lowest BCUT2D eigenvalue weighted by Crippen LogP contribution is -2.24. The van der Waals surface area contributed by atoms with Crippen molar-refractivity contribution in [2.45, 2.75) is 6.42 Å². The van der Waals surface area contributed by atoms with Gasteiger partial charge in [0, 0.05) is 12.6 Å². The van der Waals surface area contributed by atoms with Crippen LogP contribution in [-0.2, 0) is 6.42 Å². The van der Waals surface area contributed by atoms with Crippen molar-refractivity contribution in [3.8, 4) is 0 Å². The maximum atomic E-state index is 5.44. The maximum absolute atomic E-state index is 5.44. The molecular formula is C13H11Br2NOS. The molecular weight excluding hydrogens is 378 g/mol. The summed E-state index contributed by atoms with van der Waals surface area (Å²) in [5.41, 5.74) is 1.29. The fraction of sp³-hybridized carbons (Fsp3) is 0.154. The molecule has 18 heavy (non-hydrogen) atoms. The summed E-state index contributed by atoms with van der Waals surface area (Å²) in [5.74, 6) is 0.664. The lowest BCUT2D eigenvalue weighted by atomic mass is 10.1. The van der Waals surface area contributed by atoms with Crippen molar-refractivity contribution in [3.05, 3.63) is 56.9 Å². The van der Waals surface area contributed by atoms with Crippen LogP contribution in [0.25, 0.3) is 0 Å². The fourth-order valence-electron chi connectivity index (χ4n) is 1.51. The molecule has 1 aromatic heterocycles. The molecule has 2 aromatic rings. The van der Waals surface area contributed by atoms with Crippen LogP contribution in [0.5, 0.6) is 0 Å². The lowest BCUT2D eigenvalue weighted by molar-refractivity contribution is 0.528. The van der Waals surface area contributed by atoms with Gasteiger partial charge in [0.25, 0.3) is 0 Å². The van der Waals surface area contributed by atoms with E-state index in [0.29, 0.717) is 15.4 Å². The molecule has 1 heterocycles. The van der Waals surface area contributed by atoms with Crippen LogP contribution in [0.4, 0.5) is 0 Å². The first-order valence-electron chi connectivity index (χ1n) is 5.44. The number of thiocarbonyl (C=S) groups is 1. The van der Waals surface area contributed by atoms with Crippen LogP contribution in [0.15, 0.2) is 50.0 Å². The van der Waals surface area contributed by atoms with Gasteiger partial charge in [0.2, 0.25) is 0 Å². The molecule has 0 saturated carbocycles. The number of furan rings is 1. The summed E-state index contributed by atoms with van der Waals surface area (Å²) in [7, 11) is 0. The van der Waals surface area contributed by atoms with Crippen LogP contribution in [-0.4, -0.2) is 11.5 Å². The van der Waals surface area contributed by atoms with Crippen molar-refractivity contribution in [3.63, 3.8) is 0 Å². The molecule has 0 amide bonds. The summed E-state index contributed by atoms with van der Waals surface area (Å²) in [6, 6.07) is 12.1. The summed E-state index contributed by atoms with van der Waals surface area (Å²) >= 11 is 11.9. The van der Waals surface area contributed by atoms with E-state index in [-0.39, 0.29) is 0 Å². The van der Waals surface area contributed by atoms with Gasteiger partial charge in [0.05, 0.1) is 4.47 Å². The van der Waals surface area contributed by atoms with Crippen molar-refractivity contribution in [2.75, 3.05) is 6.54 Å². The van der Waals surface area contributed by atoms with Gasteiger partial charge in [-0.2, -0.15) is 0 Å². The minimum atomic E-state index is 0.623. The third kappa shape index (κ3) is 3.67. The summed E-state index contributed by atoms with van der Waals surface area (Å²) < 4.78 is 6.97. The second kappa shape index (κ2) is 6.50. The molecule has 94 valence electrons. The van der Waals surface area contributed by atoms with Crippen molar-refractivity contribution in [1.82, 2.24) is 5.32 Å². The number of hydrogen-bond donors (Lipinski definition) is 1. The van der Waals surface area contributed by atoms with Crippen LogP contribution in [0, 0.1) is 0 Å². The van der Waals surface area contributed by atoms with Gasteiger partial charge in [-0.3, -0.25) is 0 Å². The molecule has 2 nitrogen and oxygen atoms in total. The van der Waals surface area contributed by atoms with Gasteiger partial charge >= 0.3 is 0 Å². The van der Waals surface area contributed by atoms with E-state index in [0.717, 1.165) is 17.4 Å². The van der Waals surface area contributed by atoms with Gasteiger partial charge in [0.1, 0.15) is 4.99 Å². The molecule has 0 aliphatic rings. The predicted octanol–water partition coefficient (Wildman–Crippen LogP) is 4.31. The van der Waals surface area contributed by atoms with Gasteiger partial charge in [-0.05, 0) is 43.8 Å². The quantitative estimate of drug-likeness (QED) is 0.790. The minimum absolute atomic E-state index is 0.623. The van der Waals surface area contributed by atoms with Gasteiger partial charge in [0.15, 0.2) is 10.4 Å². The average molecular weight is 389 g/mol. The molecule has 0 aliphatic heterocycles. The van der Waals surface area contributed by atoms with Crippen molar-refractivity contribution >= 4 is 49.1 Å². The van der Waals surface area contributed by atoms with Gasteiger partial charge < -0.3 is 9.73 Å². The number of halogens is 2. The van der Waals surface area contributed by atoms with E-state index in [2.05, 4.69) is 49.3 Å². The van der Waals surface area contributed by atoms with E-state index in [4.69, 9.17) is 16.6 Å². The Hall–Kier alpha value is -0.650. The molecule has 0 saturated heterocycles. The Morgan fingerprint density at radius 3 is 2.56 bits per heavy atom. The minimum Gasteiger partial charge on any atom is -0.446 e. The number of rotatable bonds is 4. The Kier molecular flexibility index (Phi) is 4.97. The normalized spacial score (nSPS) is 10.3. The molecule has 0 atom stereocenters. The second-order valence-corrected chi connectivity index (χ2v) is 5.71. The van der Waals surface area contributed by atoms with E-state index in [1.165, 1.54) is 5.56 Å². The Labute approximate surface area is 128 Å². The number of nitrogens with one attached hydrogen (secondary N) is 1. The summed E-state index contributed by atoms with van der Waals surface area (Å²) in [6.07, 6.45) is 0.935. The Bertz CT molecular complexity index is 520. The van der Waals surface area contributed by atoms with Gasteiger partial charge in [-0.25, -0.2) is 0 Å². The van der Waals surface area contributed by atoms with Crippen LogP contribution in [0.2, 0.25) is 0 Å². The van der Waals surface area contributed by atoms with Crippen LogP contribution in [0.1, 0.15) is 11.3 Å². The molecule has 1 aromatic carbocycles. The highest BCUT2D eigenvalue weighted by Gasteiger charge is 2.10. The Morgan fingerprint density at radius 2 is 1.94 bits per heavy atom. The zero-order valence-electron chi connectivity index (χ0n) is 9.45. The molecule has 0 unspecified atom stereocenters. The summed E-state index contributed by atoms with van der Waals surface area (Å²) in [5, 5.41) is 3.18. The molecule has 1 N–H and O–H groups in total.